The highest BCUT2D eigenvalue weighted by atomic mass is 79.9. The molecule has 1 atom stereocenters. The smallest absolute Gasteiger partial charge is 0.389 e. The first kappa shape index (κ1) is 22.3. The molecule has 0 radical (unpaired) electrons. The average molecular weight is 513 g/mol. The van der Waals surface area contributed by atoms with Crippen LogP contribution in [-0.4, -0.2) is 25.9 Å². The molecule has 0 fully saturated rings. The van der Waals surface area contributed by atoms with Gasteiger partial charge in [0, 0.05) is 23.6 Å². The molecule has 3 heterocycles. The van der Waals surface area contributed by atoms with Crippen LogP contribution in [-0.2, 0) is 6.54 Å². The lowest BCUT2D eigenvalue weighted by atomic mass is 10.1. The first-order valence-corrected chi connectivity index (χ1v) is 10.4. The van der Waals surface area contributed by atoms with Crippen molar-refractivity contribution in [3.05, 3.63) is 70.4 Å². The van der Waals surface area contributed by atoms with Crippen molar-refractivity contribution in [1.82, 2.24) is 14.6 Å². The molecule has 0 aliphatic heterocycles. The maximum absolute atomic E-state index is 13.2. The van der Waals surface area contributed by atoms with E-state index in [4.69, 9.17) is 4.42 Å². The molecule has 1 aromatic carbocycles. The predicted octanol–water partition coefficient (Wildman–Crippen LogP) is 5.88. The van der Waals surface area contributed by atoms with Crippen LogP contribution in [0.25, 0.3) is 16.8 Å². The summed E-state index contributed by atoms with van der Waals surface area (Å²) in [5.74, 6) is -0.579. The average Bonchev–Trinajstić information content (AvgIpc) is 3.35. The molecule has 3 aromatic heterocycles. The van der Waals surface area contributed by atoms with E-state index < -0.39 is 25.1 Å². The van der Waals surface area contributed by atoms with E-state index >= 15 is 0 Å². The van der Waals surface area contributed by atoms with Crippen molar-refractivity contribution < 1.29 is 27.1 Å². The van der Waals surface area contributed by atoms with Crippen molar-refractivity contribution in [3.63, 3.8) is 0 Å². The fraction of sp³-hybridized carbons (Fsp3) is 0.238. The standard InChI is InChI=1S/C21H17BrF4N4O2/c22-15-10-16(13-1-3-14(23)4-2-13)30-8-6-12(9-17(15)30)11-27-20-29-28-19(32-20)18(31)5-7-21(24,25)26/h1-4,6,8-10,18,31H,5,7,11H2,(H,27,29). The highest BCUT2D eigenvalue weighted by Crippen LogP contribution is 2.31. The minimum absolute atomic E-state index is 0.00705. The molecule has 2 N–H and O–H groups in total. The molecule has 32 heavy (non-hydrogen) atoms. The number of fused-ring (bicyclic) bond motifs is 1. The topological polar surface area (TPSA) is 75.6 Å². The van der Waals surface area contributed by atoms with Crippen molar-refractivity contribution in [3.8, 4) is 11.3 Å². The van der Waals surface area contributed by atoms with Crippen molar-refractivity contribution in [2.45, 2.75) is 31.7 Å². The number of nitrogens with zero attached hydrogens (tertiary/aromatic N) is 3. The third-order valence-corrected chi connectivity index (χ3v) is 5.43. The predicted molar refractivity (Wildman–Crippen MR) is 112 cm³/mol. The molecule has 0 bridgehead atoms. The Morgan fingerprint density at radius 1 is 1.12 bits per heavy atom. The first-order chi connectivity index (χ1) is 15.2. The van der Waals surface area contributed by atoms with Gasteiger partial charge >= 0.3 is 12.2 Å². The first-order valence-electron chi connectivity index (χ1n) is 9.57. The Bertz CT molecular complexity index is 1220. The molecule has 6 nitrogen and oxygen atoms in total. The second-order valence-corrected chi connectivity index (χ2v) is 8.00. The molecule has 0 aliphatic carbocycles. The second-order valence-electron chi connectivity index (χ2n) is 7.14. The van der Waals surface area contributed by atoms with E-state index in [1.54, 1.807) is 12.1 Å². The highest BCUT2D eigenvalue weighted by molar-refractivity contribution is 9.10. The molecule has 4 aromatic rings. The number of benzene rings is 1. The summed E-state index contributed by atoms with van der Waals surface area (Å²) in [6, 6.07) is 11.9. The number of aliphatic hydroxyl groups excluding tert-OH is 1. The largest absolute Gasteiger partial charge is 0.405 e. The minimum atomic E-state index is -4.37. The summed E-state index contributed by atoms with van der Waals surface area (Å²) in [5.41, 5.74) is 3.51. The summed E-state index contributed by atoms with van der Waals surface area (Å²) in [5, 5.41) is 20.0. The number of hydrogen-bond donors (Lipinski definition) is 2. The van der Waals surface area contributed by atoms with Crippen LogP contribution in [0.1, 0.15) is 30.4 Å². The van der Waals surface area contributed by atoms with Crippen LogP contribution in [0.4, 0.5) is 23.6 Å². The van der Waals surface area contributed by atoms with Gasteiger partial charge in [0.25, 0.3) is 0 Å². The van der Waals surface area contributed by atoms with Crippen LogP contribution in [0.3, 0.4) is 0 Å². The zero-order valence-corrected chi connectivity index (χ0v) is 18.0. The Balaban J connectivity index is 1.45. The third kappa shape index (κ3) is 5.10. The summed E-state index contributed by atoms with van der Waals surface area (Å²) in [7, 11) is 0. The van der Waals surface area contributed by atoms with Gasteiger partial charge in [-0.25, -0.2) is 4.39 Å². The van der Waals surface area contributed by atoms with Gasteiger partial charge in [-0.3, -0.25) is 0 Å². The van der Waals surface area contributed by atoms with Crippen LogP contribution >= 0.6 is 15.9 Å². The van der Waals surface area contributed by atoms with Gasteiger partial charge in [-0.05, 0) is 75.9 Å². The van der Waals surface area contributed by atoms with Crippen molar-refractivity contribution in [2.75, 3.05) is 5.32 Å². The van der Waals surface area contributed by atoms with E-state index in [2.05, 4.69) is 31.4 Å². The molecule has 11 heteroatoms. The molecular formula is C21H17BrF4N4O2. The number of alkyl halides is 3. The molecule has 0 amide bonds. The Morgan fingerprint density at radius 2 is 1.88 bits per heavy atom. The van der Waals surface area contributed by atoms with Crippen LogP contribution in [0.15, 0.2) is 57.6 Å². The molecular weight excluding hydrogens is 496 g/mol. The lowest BCUT2D eigenvalue weighted by Crippen LogP contribution is -2.10. The van der Waals surface area contributed by atoms with Gasteiger partial charge in [0.15, 0.2) is 0 Å². The van der Waals surface area contributed by atoms with Gasteiger partial charge in [-0.2, -0.15) is 13.2 Å². The Labute approximate surface area is 188 Å². The number of aromatic nitrogens is 3. The summed E-state index contributed by atoms with van der Waals surface area (Å²) >= 11 is 3.54. The SMILES string of the molecule is OC(CCC(F)(F)F)c1nnc(NCc2ccn3c(-c4ccc(F)cc4)cc(Br)c3c2)o1. The summed E-state index contributed by atoms with van der Waals surface area (Å²) in [6.07, 6.45) is -5.69. The van der Waals surface area contributed by atoms with Crippen LogP contribution in [0.2, 0.25) is 0 Å². The minimum Gasteiger partial charge on any atom is -0.405 e. The molecule has 0 saturated heterocycles. The summed E-state index contributed by atoms with van der Waals surface area (Å²) in [6.45, 7) is 0.306. The number of nitrogens with one attached hydrogen (secondary N) is 1. The quantitative estimate of drug-likeness (QED) is 0.302. The van der Waals surface area contributed by atoms with Gasteiger partial charge in [0.1, 0.15) is 11.9 Å². The van der Waals surface area contributed by atoms with E-state index in [-0.39, 0.29) is 17.7 Å². The highest BCUT2D eigenvalue weighted by Gasteiger charge is 2.29. The number of hydrogen-bond acceptors (Lipinski definition) is 5. The van der Waals surface area contributed by atoms with Gasteiger partial charge in [0.2, 0.25) is 5.89 Å². The normalized spacial score (nSPS) is 12.9. The van der Waals surface area contributed by atoms with Gasteiger partial charge < -0.3 is 19.2 Å². The number of aliphatic hydroxyl groups is 1. The van der Waals surface area contributed by atoms with Crippen molar-refractivity contribution in [2.24, 2.45) is 0 Å². The molecule has 0 spiro atoms. The number of halogens is 5. The Hall–Kier alpha value is -2.92. The fourth-order valence-corrected chi connectivity index (χ4v) is 3.72. The molecule has 4 rings (SSSR count). The zero-order valence-electron chi connectivity index (χ0n) is 16.4. The van der Waals surface area contributed by atoms with Crippen LogP contribution in [0.5, 0.6) is 0 Å². The number of pyridine rings is 1. The molecule has 1 unspecified atom stereocenters. The maximum atomic E-state index is 13.2. The van der Waals surface area contributed by atoms with Crippen molar-refractivity contribution in [1.29, 1.82) is 0 Å². The van der Waals surface area contributed by atoms with Crippen LogP contribution < -0.4 is 5.32 Å². The van der Waals surface area contributed by atoms with E-state index in [0.717, 1.165) is 26.8 Å². The molecule has 0 aliphatic rings. The van der Waals surface area contributed by atoms with E-state index in [1.165, 1.54) is 12.1 Å². The molecule has 0 saturated carbocycles. The van der Waals surface area contributed by atoms with Crippen LogP contribution in [0, 0.1) is 5.82 Å². The number of anilines is 1. The van der Waals surface area contributed by atoms with Gasteiger partial charge in [0.05, 0.1) is 11.2 Å². The number of rotatable bonds is 7. The van der Waals surface area contributed by atoms with E-state index in [0.29, 0.717) is 6.54 Å². The lowest BCUT2D eigenvalue weighted by Gasteiger charge is -2.08. The monoisotopic (exact) mass is 512 g/mol. The Morgan fingerprint density at radius 3 is 2.59 bits per heavy atom. The fourth-order valence-electron chi connectivity index (χ4n) is 3.20. The second kappa shape index (κ2) is 8.91. The lowest BCUT2D eigenvalue weighted by molar-refractivity contribution is -0.140. The third-order valence-electron chi connectivity index (χ3n) is 4.80. The van der Waals surface area contributed by atoms with Crippen molar-refractivity contribution >= 4 is 27.5 Å². The summed E-state index contributed by atoms with van der Waals surface area (Å²) in [4.78, 5) is 0. The van der Waals surface area contributed by atoms with Gasteiger partial charge in [-0.15, -0.1) is 5.10 Å². The van der Waals surface area contributed by atoms with Gasteiger partial charge in [-0.1, -0.05) is 5.10 Å². The zero-order chi connectivity index (χ0) is 22.9. The van der Waals surface area contributed by atoms with E-state index in [1.807, 2.05) is 28.8 Å². The summed E-state index contributed by atoms with van der Waals surface area (Å²) < 4.78 is 58.1. The Kier molecular flexibility index (Phi) is 6.20. The van der Waals surface area contributed by atoms with E-state index in [9.17, 15) is 22.7 Å². The maximum Gasteiger partial charge on any atom is 0.389 e. The molecule has 168 valence electrons.